The Labute approximate surface area is 163 Å². The van der Waals surface area contributed by atoms with E-state index in [-0.39, 0.29) is 36.9 Å². The SMILES string of the molecule is CCOC(=O)CCNC(=O)c1cc(Cl)ccc1OC1CCN(C(C)=O)CC1. The van der Waals surface area contributed by atoms with E-state index in [0.29, 0.717) is 48.9 Å². The molecule has 0 saturated carbocycles. The van der Waals surface area contributed by atoms with E-state index in [1.807, 2.05) is 0 Å². The zero-order valence-corrected chi connectivity index (χ0v) is 16.4. The van der Waals surface area contributed by atoms with E-state index in [1.165, 1.54) is 0 Å². The number of ether oxygens (including phenoxy) is 2. The molecule has 1 aromatic carbocycles. The number of nitrogens with one attached hydrogen (secondary N) is 1. The fourth-order valence-corrected chi connectivity index (χ4v) is 3.03. The molecule has 1 aliphatic rings. The van der Waals surface area contributed by atoms with Crippen LogP contribution in [0.4, 0.5) is 0 Å². The molecule has 1 N–H and O–H groups in total. The molecule has 27 heavy (non-hydrogen) atoms. The second-order valence-electron chi connectivity index (χ2n) is 6.27. The zero-order chi connectivity index (χ0) is 19.8. The number of hydrogen-bond acceptors (Lipinski definition) is 5. The molecule has 0 atom stereocenters. The highest BCUT2D eigenvalue weighted by Gasteiger charge is 2.24. The summed E-state index contributed by atoms with van der Waals surface area (Å²) in [6.45, 7) is 5.03. The summed E-state index contributed by atoms with van der Waals surface area (Å²) in [6, 6.07) is 4.87. The molecule has 0 unspecified atom stereocenters. The lowest BCUT2D eigenvalue weighted by molar-refractivity contribution is -0.142. The third-order valence-corrected chi connectivity index (χ3v) is 4.52. The van der Waals surface area contributed by atoms with Gasteiger partial charge in [-0.05, 0) is 25.1 Å². The van der Waals surface area contributed by atoms with Crippen LogP contribution in [0.3, 0.4) is 0 Å². The first-order valence-electron chi connectivity index (χ1n) is 9.06. The van der Waals surface area contributed by atoms with Crippen LogP contribution in [0.1, 0.15) is 43.5 Å². The molecular formula is C19H25ClN2O5. The molecular weight excluding hydrogens is 372 g/mol. The van der Waals surface area contributed by atoms with Crippen molar-refractivity contribution in [1.29, 1.82) is 0 Å². The van der Waals surface area contributed by atoms with Crippen molar-refractivity contribution in [3.8, 4) is 5.75 Å². The molecule has 1 aliphatic heterocycles. The Bertz CT molecular complexity index is 687. The minimum atomic E-state index is -0.363. The van der Waals surface area contributed by atoms with Gasteiger partial charge in [0.1, 0.15) is 11.9 Å². The van der Waals surface area contributed by atoms with Gasteiger partial charge in [-0.3, -0.25) is 14.4 Å². The minimum Gasteiger partial charge on any atom is -0.489 e. The first kappa shape index (κ1) is 21.0. The summed E-state index contributed by atoms with van der Waals surface area (Å²) in [7, 11) is 0. The van der Waals surface area contributed by atoms with Crippen molar-refractivity contribution < 1.29 is 23.9 Å². The number of nitrogens with zero attached hydrogens (tertiary/aromatic N) is 1. The molecule has 2 amide bonds. The standard InChI is InChI=1S/C19H25ClN2O5/c1-3-26-18(24)6-9-21-19(25)16-12-14(20)4-5-17(16)27-15-7-10-22(11-8-15)13(2)23/h4-5,12,15H,3,6-11H2,1-2H3,(H,21,25). The number of carbonyl (C=O) groups is 3. The van der Waals surface area contributed by atoms with E-state index in [2.05, 4.69) is 5.32 Å². The lowest BCUT2D eigenvalue weighted by Crippen LogP contribution is -2.40. The maximum atomic E-state index is 12.5. The highest BCUT2D eigenvalue weighted by molar-refractivity contribution is 6.31. The Hall–Kier alpha value is -2.28. The van der Waals surface area contributed by atoms with Crippen LogP contribution < -0.4 is 10.1 Å². The second-order valence-corrected chi connectivity index (χ2v) is 6.71. The van der Waals surface area contributed by atoms with Gasteiger partial charge in [-0.2, -0.15) is 0 Å². The third kappa shape index (κ3) is 6.43. The van der Waals surface area contributed by atoms with Gasteiger partial charge in [0, 0.05) is 44.4 Å². The van der Waals surface area contributed by atoms with E-state index < -0.39 is 0 Å². The number of likely N-dealkylation sites (tertiary alicyclic amines) is 1. The van der Waals surface area contributed by atoms with Crippen molar-refractivity contribution in [2.24, 2.45) is 0 Å². The van der Waals surface area contributed by atoms with Crippen LogP contribution in [0.15, 0.2) is 18.2 Å². The fraction of sp³-hybridized carbons (Fsp3) is 0.526. The topological polar surface area (TPSA) is 84.9 Å². The summed E-state index contributed by atoms with van der Waals surface area (Å²) >= 11 is 6.03. The molecule has 1 fully saturated rings. The number of halogens is 1. The number of carbonyl (C=O) groups excluding carboxylic acids is 3. The predicted molar refractivity (Wildman–Crippen MR) is 101 cm³/mol. The maximum absolute atomic E-state index is 12.5. The molecule has 2 rings (SSSR count). The van der Waals surface area contributed by atoms with Crippen LogP contribution in [0.5, 0.6) is 5.75 Å². The summed E-state index contributed by atoms with van der Waals surface area (Å²) < 4.78 is 10.8. The number of piperidine rings is 1. The summed E-state index contributed by atoms with van der Waals surface area (Å²) in [4.78, 5) is 37.1. The van der Waals surface area contributed by atoms with Gasteiger partial charge in [-0.25, -0.2) is 0 Å². The lowest BCUT2D eigenvalue weighted by atomic mass is 10.1. The summed E-state index contributed by atoms with van der Waals surface area (Å²) in [6.07, 6.45) is 1.42. The van der Waals surface area contributed by atoms with Gasteiger partial charge in [0.2, 0.25) is 5.91 Å². The summed E-state index contributed by atoms with van der Waals surface area (Å²) in [5.41, 5.74) is 0.320. The van der Waals surface area contributed by atoms with Crippen molar-refractivity contribution in [1.82, 2.24) is 10.2 Å². The molecule has 1 heterocycles. The van der Waals surface area contributed by atoms with Gasteiger partial charge in [-0.15, -0.1) is 0 Å². The molecule has 0 aromatic heterocycles. The molecule has 0 aliphatic carbocycles. The zero-order valence-electron chi connectivity index (χ0n) is 15.6. The van der Waals surface area contributed by atoms with Gasteiger partial charge in [-0.1, -0.05) is 11.6 Å². The Balaban J connectivity index is 1.96. The number of rotatable bonds is 7. The van der Waals surface area contributed by atoms with Crippen LogP contribution in [-0.2, 0) is 14.3 Å². The molecule has 1 saturated heterocycles. The van der Waals surface area contributed by atoms with Crippen LogP contribution in [-0.4, -0.2) is 55.0 Å². The number of hydrogen-bond donors (Lipinski definition) is 1. The lowest BCUT2D eigenvalue weighted by Gasteiger charge is -2.31. The average molecular weight is 397 g/mol. The van der Waals surface area contributed by atoms with E-state index in [9.17, 15) is 14.4 Å². The first-order valence-corrected chi connectivity index (χ1v) is 9.44. The molecule has 8 heteroatoms. The van der Waals surface area contributed by atoms with Gasteiger partial charge in [0.15, 0.2) is 0 Å². The quantitative estimate of drug-likeness (QED) is 0.715. The van der Waals surface area contributed by atoms with Crippen molar-refractivity contribution >= 4 is 29.4 Å². The average Bonchev–Trinajstić information content (AvgIpc) is 2.63. The van der Waals surface area contributed by atoms with Crippen molar-refractivity contribution in [2.45, 2.75) is 39.2 Å². The van der Waals surface area contributed by atoms with Crippen LogP contribution >= 0.6 is 11.6 Å². The van der Waals surface area contributed by atoms with Gasteiger partial charge >= 0.3 is 5.97 Å². The molecule has 7 nitrogen and oxygen atoms in total. The monoisotopic (exact) mass is 396 g/mol. The van der Waals surface area contributed by atoms with Gasteiger partial charge < -0.3 is 19.7 Å². The summed E-state index contributed by atoms with van der Waals surface area (Å²) in [5, 5.41) is 3.10. The third-order valence-electron chi connectivity index (χ3n) is 4.29. The number of amides is 2. The fourth-order valence-electron chi connectivity index (χ4n) is 2.86. The van der Waals surface area contributed by atoms with Gasteiger partial charge in [0.05, 0.1) is 18.6 Å². The molecule has 0 radical (unpaired) electrons. The van der Waals surface area contributed by atoms with E-state index >= 15 is 0 Å². The highest BCUT2D eigenvalue weighted by atomic mass is 35.5. The minimum absolute atomic E-state index is 0.0570. The van der Waals surface area contributed by atoms with E-state index in [1.54, 1.807) is 36.9 Å². The predicted octanol–water partition coefficient (Wildman–Crippen LogP) is 2.41. The van der Waals surface area contributed by atoms with Gasteiger partial charge in [0.25, 0.3) is 5.91 Å². The number of benzene rings is 1. The van der Waals surface area contributed by atoms with Crippen molar-refractivity contribution in [2.75, 3.05) is 26.2 Å². The maximum Gasteiger partial charge on any atom is 0.307 e. The van der Waals surface area contributed by atoms with Crippen molar-refractivity contribution in [3.05, 3.63) is 28.8 Å². The first-order chi connectivity index (χ1) is 12.9. The molecule has 0 spiro atoms. The van der Waals surface area contributed by atoms with Crippen LogP contribution in [0.25, 0.3) is 0 Å². The molecule has 148 valence electrons. The van der Waals surface area contributed by atoms with Crippen molar-refractivity contribution in [3.63, 3.8) is 0 Å². The Morgan fingerprint density at radius 3 is 2.59 bits per heavy atom. The smallest absolute Gasteiger partial charge is 0.307 e. The Morgan fingerprint density at radius 2 is 1.96 bits per heavy atom. The highest BCUT2D eigenvalue weighted by Crippen LogP contribution is 2.26. The summed E-state index contributed by atoms with van der Waals surface area (Å²) in [5.74, 6) is -0.230. The largest absolute Gasteiger partial charge is 0.489 e. The Kier molecular flexibility index (Phi) is 7.91. The van der Waals surface area contributed by atoms with E-state index in [0.717, 1.165) is 0 Å². The van der Waals surface area contributed by atoms with E-state index in [4.69, 9.17) is 21.1 Å². The van der Waals surface area contributed by atoms with Crippen LogP contribution in [0, 0.1) is 0 Å². The molecule has 1 aromatic rings. The second kappa shape index (κ2) is 10.2. The Morgan fingerprint density at radius 1 is 1.26 bits per heavy atom. The molecule has 0 bridgehead atoms. The van der Waals surface area contributed by atoms with Crippen LogP contribution in [0.2, 0.25) is 5.02 Å². The normalized spacial score (nSPS) is 14.6. The number of esters is 1.